The molecule has 10 nitrogen and oxygen atoms in total. The van der Waals surface area contributed by atoms with Gasteiger partial charge in [0.05, 0.1) is 12.7 Å². The first kappa shape index (κ1) is 11.7. The van der Waals surface area contributed by atoms with Crippen molar-refractivity contribution in [3.8, 4) is 0 Å². The van der Waals surface area contributed by atoms with Gasteiger partial charge in [-0.2, -0.15) is 0 Å². The minimum Gasteiger partial charge on any atom is -0.359 e. The molecule has 2 aromatic heterocycles. The van der Waals surface area contributed by atoms with Crippen LogP contribution in [0.5, 0.6) is 0 Å². The fourth-order valence-corrected chi connectivity index (χ4v) is 1.76. The van der Waals surface area contributed by atoms with Crippen molar-refractivity contribution in [1.29, 1.82) is 0 Å². The van der Waals surface area contributed by atoms with Crippen LogP contribution in [-0.4, -0.2) is 35.5 Å². The van der Waals surface area contributed by atoms with Gasteiger partial charge < -0.3 is 15.5 Å². The molecule has 0 atom stereocenters. The lowest BCUT2D eigenvalue weighted by atomic mass is 10.7. The number of fused-ring (bicyclic) bond motifs is 1. The van der Waals surface area contributed by atoms with E-state index in [1.807, 2.05) is 0 Å². The molecule has 0 aliphatic rings. The summed E-state index contributed by atoms with van der Waals surface area (Å²) >= 11 is 0. The topological polar surface area (TPSA) is 150 Å². The van der Waals surface area contributed by atoms with Crippen molar-refractivity contribution in [2.45, 2.75) is 6.54 Å². The number of aryl methyl sites for hydroxylation is 1. The minimum absolute atomic E-state index is 0.0102. The SMILES string of the molecule is Nc1nc2n(nc[n+]2CCP(=O)(O)O)c(=O)[nH]1. The number of anilines is 1. The number of aromatic nitrogens is 5. The molecule has 0 aliphatic heterocycles. The van der Waals surface area contributed by atoms with Gasteiger partial charge >= 0.3 is 19.1 Å². The average molecular weight is 261 g/mol. The van der Waals surface area contributed by atoms with Crippen LogP contribution in [0, 0.1) is 0 Å². The largest absolute Gasteiger partial charge is 0.408 e. The highest BCUT2D eigenvalue weighted by Gasteiger charge is 2.20. The highest BCUT2D eigenvalue weighted by molar-refractivity contribution is 7.51. The Hall–Kier alpha value is -1.77. The Balaban J connectivity index is 2.43. The van der Waals surface area contributed by atoms with Gasteiger partial charge in [0.25, 0.3) is 5.95 Å². The number of hydrogen-bond acceptors (Lipinski definition) is 5. The summed E-state index contributed by atoms with van der Waals surface area (Å²) < 4.78 is 13.0. The third-order valence-corrected chi connectivity index (χ3v) is 2.82. The maximum atomic E-state index is 11.4. The van der Waals surface area contributed by atoms with Crippen molar-refractivity contribution < 1.29 is 18.9 Å². The lowest BCUT2D eigenvalue weighted by Gasteiger charge is -2.00. The van der Waals surface area contributed by atoms with E-state index in [-0.39, 0.29) is 24.4 Å². The van der Waals surface area contributed by atoms with Crippen LogP contribution in [0.3, 0.4) is 0 Å². The molecule has 0 amide bonds. The first-order valence-corrected chi connectivity index (χ1v) is 6.34. The second kappa shape index (κ2) is 3.91. The van der Waals surface area contributed by atoms with E-state index in [9.17, 15) is 9.36 Å². The zero-order chi connectivity index (χ0) is 12.6. The van der Waals surface area contributed by atoms with Crippen LogP contribution < -0.4 is 16.0 Å². The molecule has 0 aliphatic carbocycles. The van der Waals surface area contributed by atoms with Crippen molar-refractivity contribution in [2.24, 2.45) is 0 Å². The molecule has 17 heavy (non-hydrogen) atoms. The lowest BCUT2D eigenvalue weighted by molar-refractivity contribution is -0.670. The Morgan fingerprint density at radius 2 is 2.29 bits per heavy atom. The predicted molar refractivity (Wildman–Crippen MR) is 55.1 cm³/mol. The van der Waals surface area contributed by atoms with E-state index >= 15 is 0 Å². The smallest absolute Gasteiger partial charge is 0.359 e. The molecule has 11 heteroatoms. The summed E-state index contributed by atoms with van der Waals surface area (Å²) in [5.41, 5.74) is 4.79. The van der Waals surface area contributed by atoms with Crippen LogP contribution in [0.15, 0.2) is 11.1 Å². The Morgan fingerprint density at radius 1 is 1.59 bits per heavy atom. The summed E-state index contributed by atoms with van der Waals surface area (Å²) in [6.45, 7) is -0.0102. The molecule has 2 heterocycles. The van der Waals surface area contributed by atoms with Gasteiger partial charge in [0.2, 0.25) is 6.33 Å². The lowest BCUT2D eigenvalue weighted by Crippen LogP contribution is -2.36. The van der Waals surface area contributed by atoms with Gasteiger partial charge in [-0.1, -0.05) is 4.98 Å². The first-order valence-electron chi connectivity index (χ1n) is 4.54. The monoisotopic (exact) mass is 261 g/mol. The molecule has 92 valence electrons. The molecule has 0 radical (unpaired) electrons. The minimum atomic E-state index is -4.11. The Labute approximate surface area is 93.9 Å². The molecule has 0 saturated heterocycles. The standard InChI is InChI=1S/C6H9N6O4P/c7-4-9-5-11(1-2-17(14,15)16)3-8-12(5)6(13)10-4/h3H,1-2H2,(H4,7,10,13,14,15,16)/p+1. The van der Waals surface area contributed by atoms with Crippen molar-refractivity contribution in [3.63, 3.8) is 0 Å². The summed E-state index contributed by atoms with van der Waals surface area (Å²) in [6, 6.07) is 0. The van der Waals surface area contributed by atoms with Gasteiger partial charge in [0, 0.05) is 5.10 Å². The van der Waals surface area contributed by atoms with Gasteiger partial charge in [0.1, 0.15) is 0 Å². The molecule has 2 rings (SSSR count). The summed E-state index contributed by atoms with van der Waals surface area (Å²) in [5, 5.41) is 3.72. The maximum absolute atomic E-state index is 11.4. The van der Waals surface area contributed by atoms with Crippen molar-refractivity contribution in [1.82, 2.24) is 19.6 Å². The van der Waals surface area contributed by atoms with Crippen LogP contribution in [-0.2, 0) is 11.1 Å². The van der Waals surface area contributed by atoms with Crippen LogP contribution in [0.1, 0.15) is 0 Å². The quantitative estimate of drug-likeness (QED) is 0.351. The van der Waals surface area contributed by atoms with E-state index in [4.69, 9.17) is 15.5 Å². The van der Waals surface area contributed by atoms with E-state index in [0.717, 1.165) is 4.52 Å². The van der Waals surface area contributed by atoms with Crippen LogP contribution in [0.25, 0.3) is 5.78 Å². The van der Waals surface area contributed by atoms with Gasteiger partial charge in [-0.3, -0.25) is 9.55 Å². The molecule has 0 aromatic carbocycles. The number of nitrogen functional groups attached to an aromatic ring is 1. The zero-order valence-corrected chi connectivity index (χ0v) is 9.41. The highest BCUT2D eigenvalue weighted by Crippen LogP contribution is 2.33. The van der Waals surface area contributed by atoms with Crippen LogP contribution in [0.4, 0.5) is 5.95 Å². The Bertz CT molecular complexity index is 656. The Kier molecular flexibility index (Phi) is 2.69. The number of nitrogens with two attached hydrogens (primary N) is 1. The van der Waals surface area contributed by atoms with Gasteiger partial charge in [-0.25, -0.2) is 9.36 Å². The molecule has 5 N–H and O–H groups in total. The number of hydrogen-bond donors (Lipinski definition) is 4. The van der Waals surface area contributed by atoms with E-state index in [1.54, 1.807) is 0 Å². The fraction of sp³-hybridized carbons (Fsp3) is 0.333. The Morgan fingerprint density at radius 3 is 2.94 bits per heavy atom. The zero-order valence-electron chi connectivity index (χ0n) is 8.52. The molecule has 0 spiro atoms. The first-order chi connectivity index (χ1) is 7.87. The van der Waals surface area contributed by atoms with Crippen molar-refractivity contribution in [3.05, 3.63) is 16.8 Å². The van der Waals surface area contributed by atoms with E-state index in [1.165, 1.54) is 10.9 Å². The number of aromatic amines is 1. The van der Waals surface area contributed by atoms with E-state index in [2.05, 4.69) is 15.1 Å². The molecule has 0 bridgehead atoms. The number of nitrogens with one attached hydrogen (secondary N) is 1. The normalized spacial score (nSPS) is 12.1. The fourth-order valence-electron chi connectivity index (χ4n) is 1.29. The second-order valence-electron chi connectivity index (χ2n) is 3.35. The average Bonchev–Trinajstić information content (AvgIpc) is 2.57. The summed E-state index contributed by atoms with van der Waals surface area (Å²) in [7, 11) is -4.11. The molecule has 2 aromatic rings. The summed E-state index contributed by atoms with van der Waals surface area (Å²) in [4.78, 5) is 35.0. The number of H-pyrrole nitrogens is 1. The highest BCUT2D eigenvalue weighted by atomic mass is 31.2. The van der Waals surface area contributed by atoms with Crippen LogP contribution >= 0.6 is 7.60 Å². The van der Waals surface area contributed by atoms with E-state index in [0.29, 0.717) is 0 Å². The van der Waals surface area contributed by atoms with Gasteiger partial charge in [-0.05, 0) is 4.52 Å². The van der Waals surface area contributed by atoms with Gasteiger partial charge in [-0.15, -0.1) is 0 Å². The van der Waals surface area contributed by atoms with E-state index < -0.39 is 13.3 Å². The van der Waals surface area contributed by atoms with Crippen LogP contribution in [0.2, 0.25) is 0 Å². The van der Waals surface area contributed by atoms with Crippen molar-refractivity contribution in [2.75, 3.05) is 11.9 Å². The summed E-state index contributed by atoms with van der Waals surface area (Å²) in [6.07, 6.45) is 0.889. The molecular formula is C6H10N6O4P+. The third kappa shape index (κ3) is 2.49. The molecular weight excluding hydrogens is 251 g/mol. The molecule has 0 unspecified atom stereocenters. The second-order valence-corrected chi connectivity index (χ2v) is 5.13. The number of nitrogens with zero attached hydrogens (tertiary/aromatic N) is 4. The predicted octanol–water partition coefficient (Wildman–Crippen LogP) is -2.54. The molecule has 0 fully saturated rings. The number of rotatable bonds is 3. The molecule has 0 saturated carbocycles. The maximum Gasteiger partial charge on any atom is 0.408 e. The summed E-state index contributed by atoms with van der Waals surface area (Å²) in [5.74, 6) is 0.0348. The van der Waals surface area contributed by atoms with Crippen molar-refractivity contribution >= 4 is 19.3 Å². The van der Waals surface area contributed by atoms with Gasteiger partial charge in [0.15, 0.2) is 0 Å². The third-order valence-electron chi connectivity index (χ3n) is 2.03.